The molecule has 0 aromatic rings. The maximum absolute atomic E-state index is 11.4. The summed E-state index contributed by atoms with van der Waals surface area (Å²) in [5.41, 5.74) is 0. The monoisotopic (exact) mass is 336 g/mol. The van der Waals surface area contributed by atoms with Crippen LogP contribution in [0.2, 0.25) is 0 Å². The van der Waals surface area contributed by atoms with Gasteiger partial charge in [-0.2, -0.15) is 0 Å². The first-order valence-electron chi connectivity index (χ1n) is 7.47. The molecule has 2 N–H and O–H groups in total. The standard InChI is InChI=1S/C14H27NO6S/c1-3-4-5-6-7-8-9-12(2)21-14(17)15-10-13(16)11-22(18,19)20/h8-9,12-13,16H,3-7,10-11H2,1-2H3,(H,15,17)(H,18,19,20)/p-1/b9-8+. The molecular formula is C14H26NO6S-. The van der Waals surface area contributed by atoms with Crippen molar-refractivity contribution >= 4 is 16.2 Å². The van der Waals surface area contributed by atoms with Crippen LogP contribution in [0.5, 0.6) is 0 Å². The molecule has 0 aromatic heterocycles. The first-order valence-corrected chi connectivity index (χ1v) is 9.05. The van der Waals surface area contributed by atoms with Crippen molar-refractivity contribution in [3.05, 3.63) is 12.2 Å². The van der Waals surface area contributed by atoms with Crippen molar-refractivity contribution in [2.45, 2.75) is 58.2 Å². The Balaban J connectivity index is 3.84. The van der Waals surface area contributed by atoms with E-state index >= 15 is 0 Å². The van der Waals surface area contributed by atoms with E-state index in [2.05, 4.69) is 12.2 Å². The van der Waals surface area contributed by atoms with Gasteiger partial charge in [-0.15, -0.1) is 0 Å². The number of alkyl carbamates (subject to hydrolysis) is 1. The van der Waals surface area contributed by atoms with Crippen LogP contribution in [0.4, 0.5) is 4.79 Å². The second kappa shape index (κ2) is 11.4. The summed E-state index contributed by atoms with van der Waals surface area (Å²) in [5, 5.41) is 11.5. The number of rotatable bonds is 11. The van der Waals surface area contributed by atoms with Gasteiger partial charge in [0, 0.05) is 6.54 Å². The summed E-state index contributed by atoms with van der Waals surface area (Å²) in [6.07, 6.45) is 6.67. The molecule has 8 heteroatoms. The van der Waals surface area contributed by atoms with E-state index in [1.165, 1.54) is 19.3 Å². The third kappa shape index (κ3) is 13.8. The summed E-state index contributed by atoms with van der Waals surface area (Å²) < 4.78 is 36.2. The first kappa shape index (κ1) is 20.9. The quantitative estimate of drug-likeness (QED) is 0.336. The molecule has 0 heterocycles. The van der Waals surface area contributed by atoms with Gasteiger partial charge < -0.3 is 19.7 Å². The van der Waals surface area contributed by atoms with Crippen molar-refractivity contribution in [3.8, 4) is 0 Å². The number of carbonyl (C=O) groups excluding carboxylic acids is 1. The maximum atomic E-state index is 11.4. The van der Waals surface area contributed by atoms with Crippen molar-refractivity contribution in [2.75, 3.05) is 12.3 Å². The molecule has 0 aliphatic rings. The molecule has 1 amide bonds. The third-order valence-electron chi connectivity index (χ3n) is 2.80. The minimum absolute atomic E-state index is 0.353. The summed E-state index contributed by atoms with van der Waals surface area (Å²) in [4.78, 5) is 11.4. The highest BCUT2D eigenvalue weighted by molar-refractivity contribution is 7.85. The largest absolute Gasteiger partial charge is 0.748 e. The molecule has 0 fully saturated rings. The Labute approximate surface area is 132 Å². The van der Waals surface area contributed by atoms with Crippen LogP contribution in [-0.2, 0) is 14.9 Å². The summed E-state index contributed by atoms with van der Waals surface area (Å²) in [5.74, 6) is -0.944. The molecule has 2 atom stereocenters. The highest BCUT2D eigenvalue weighted by Crippen LogP contribution is 2.04. The molecule has 130 valence electrons. The average molecular weight is 336 g/mol. The molecule has 0 saturated heterocycles. The van der Waals surface area contributed by atoms with Crippen molar-refractivity contribution in [2.24, 2.45) is 0 Å². The number of aliphatic hydroxyl groups excluding tert-OH is 1. The minimum Gasteiger partial charge on any atom is -0.748 e. The molecule has 0 aromatic carbocycles. The van der Waals surface area contributed by atoms with E-state index in [1.54, 1.807) is 13.0 Å². The lowest BCUT2D eigenvalue weighted by atomic mass is 10.1. The summed E-state index contributed by atoms with van der Waals surface area (Å²) in [6, 6.07) is 0. The molecule has 0 bridgehead atoms. The maximum Gasteiger partial charge on any atom is 0.407 e. The summed E-state index contributed by atoms with van der Waals surface area (Å²) in [7, 11) is -4.52. The number of amides is 1. The SMILES string of the molecule is CCCCCC/C=C/C(C)OC(=O)NCC(O)CS(=O)(=O)[O-]. The molecule has 0 aliphatic heterocycles. The fraction of sp³-hybridized carbons (Fsp3) is 0.786. The fourth-order valence-electron chi connectivity index (χ4n) is 1.72. The Morgan fingerprint density at radius 2 is 2.05 bits per heavy atom. The lowest BCUT2D eigenvalue weighted by Gasteiger charge is -2.15. The highest BCUT2D eigenvalue weighted by Gasteiger charge is 2.12. The number of hydrogen-bond donors (Lipinski definition) is 2. The predicted molar refractivity (Wildman–Crippen MR) is 82.4 cm³/mol. The van der Waals surface area contributed by atoms with Gasteiger partial charge in [-0.25, -0.2) is 13.2 Å². The van der Waals surface area contributed by atoms with Crippen LogP contribution in [0.1, 0.15) is 46.0 Å². The van der Waals surface area contributed by atoms with Gasteiger partial charge in [-0.3, -0.25) is 0 Å². The van der Waals surface area contributed by atoms with Crippen LogP contribution in [0.15, 0.2) is 12.2 Å². The second-order valence-corrected chi connectivity index (χ2v) is 6.60. The number of ether oxygens (including phenoxy) is 1. The number of unbranched alkanes of at least 4 members (excludes halogenated alkanes) is 4. The van der Waals surface area contributed by atoms with Crippen molar-refractivity contribution in [1.82, 2.24) is 5.32 Å². The highest BCUT2D eigenvalue weighted by atomic mass is 32.2. The fourth-order valence-corrected chi connectivity index (χ4v) is 2.31. The van der Waals surface area contributed by atoms with E-state index in [0.29, 0.717) is 0 Å². The Bertz CT molecular complexity index is 435. The van der Waals surface area contributed by atoms with Crippen molar-refractivity contribution in [1.29, 1.82) is 0 Å². The molecule has 2 unspecified atom stereocenters. The van der Waals surface area contributed by atoms with E-state index in [-0.39, 0.29) is 6.54 Å². The number of nitrogens with one attached hydrogen (secondary N) is 1. The molecule has 0 aliphatic carbocycles. The molecular weight excluding hydrogens is 310 g/mol. The van der Waals surface area contributed by atoms with Crippen LogP contribution < -0.4 is 5.32 Å². The van der Waals surface area contributed by atoms with Crippen LogP contribution >= 0.6 is 0 Å². The number of hydrogen-bond acceptors (Lipinski definition) is 6. The Morgan fingerprint density at radius 3 is 2.64 bits per heavy atom. The molecule has 22 heavy (non-hydrogen) atoms. The summed E-state index contributed by atoms with van der Waals surface area (Å²) in [6.45, 7) is 3.49. The molecule has 0 saturated carbocycles. The molecule has 7 nitrogen and oxygen atoms in total. The van der Waals surface area contributed by atoms with E-state index in [9.17, 15) is 22.9 Å². The number of aliphatic hydroxyl groups is 1. The van der Waals surface area contributed by atoms with Gasteiger partial charge in [0.2, 0.25) is 0 Å². The zero-order chi connectivity index (χ0) is 17.0. The van der Waals surface area contributed by atoms with Crippen molar-refractivity contribution in [3.63, 3.8) is 0 Å². The van der Waals surface area contributed by atoms with Gasteiger partial charge in [0.25, 0.3) is 0 Å². The minimum atomic E-state index is -4.52. The zero-order valence-corrected chi connectivity index (χ0v) is 14.0. The third-order valence-corrected chi connectivity index (χ3v) is 3.60. The number of carbonyl (C=O) groups is 1. The van der Waals surface area contributed by atoms with Gasteiger partial charge in [-0.05, 0) is 25.8 Å². The van der Waals surface area contributed by atoms with Gasteiger partial charge in [0.15, 0.2) is 0 Å². The average Bonchev–Trinajstić information content (AvgIpc) is 2.38. The van der Waals surface area contributed by atoms with Crippen LogP contribution in [-0.4, -0.2) is 48.7 Å². The lowest BCUT2D eigenvalue weighted by molar-refractivity contribution is 0.118. The summed E-state index contributed by atoms with van der Waals surface area (Å²) >= 11 is 0. The van der Waals surface area contributed by atoms with E-state index < -0.39 is 34.2 Å². The van der Waals surface area contributed by atoms with E-state index in [0.717, 1.165) is 12.8 Å². The smallest absolute Gasteiger partial charge is 0.407 e. The van der Waals surface area contributed by atoms with Crippen LogP contribution in [0, 0.1) is 0 Å². The van der Waals surface area contributed by atoms with E-state index in [1.807, 2.05) is 6.08 Å². The van der Waals surface area contributed by atoms with Gasteiger partial charge in [-0.1, -0.05) is 32.3 Å². The topological polar surface area (TPSA) is 116 Å². The van der Waals surface area contributed by atoms with Crippen LogP contribution in [0.25, 0.3) is 0 Å². The van der Waals surface area contributed by atoms with E-state index in [4.69, 9.17) is 4.74 Å². The van der Waals surface area contributed by atoms with Gasteiger partial charge in [0.05, 0.1) is 22.0 Å². The van der Waals surface area contributed by atoms with Crippen molar-refractivity contribution < 1.29 is 27.6 Å². The molecule has 0 radical (unpaired) electrons. The molecule has 0 rings (SSSR count). The number of allylic oxidation sites excluding steroid dienone is 1. The normalized spacial score (nSPS) is 14.7. The van der Waals surface area contributed by atoms with Gasteiger partial charge in [0.1, 0.15) is 6.10 Å². The Kier molecular flexibility index (Phi) is 10.9. The van der Waals surface area contributed by atoms with Crippen LogP contribution in [0.3, 0.4) is 0 Å². The first-order chi connectivity index (χ1) is 10.2. The predicted octanol–water partition coefficient (Wildman–Crippen LogP) is 1.53. The Hall–Kier alpha value is -1.12. The zero-order valence-electron chi connectivity index (χ0n) is 13.2. The molecule has 0 spiro atoms. The lowest BCUT2D eigenvalue weighted by Crippen LogP contribution is -2.37. The van der Waals surface area contributed by atoms with Gasteiger partial charge >= 0.3 is 6.09 Å². The Morgan fingerprint density at radius 1 is 1.36 bits per heavy atom. The second-order valence-electron chi connectivity index (χ2n) is 5.15.